The van der Waals surface area contributed by atoms with Crippen LogP contribution < -0.4 is 15.2 Å². The molecule has 1 fully saturated rings. The standard InChI is InChI=1S/C18H21N5O4S/c1-18(24)9-3-2-4-15(18)27-16-12(10-19)11-21-17(23-16)22-13-5-7-14(8-6-13)28(20,25)26/h5-8,11,15,24H,2-4,9H2,1H3,(H2,20,25,26)(H,21,22,23)/t15-,18+/m0/s1. The largest absolute Gasteiger partial charge is 0.470 e. The van der Waals surface area contributed by atoms with Gasteiger partial charge in [0.25, 0.3) is 0 Å². The molecule has 0 unspecified atom stereocenters. The molecule has 1 aromatic carbocycles. The van der Waals surface area contributed by atoms with Gasteiger partial charge in [0.2, 0.25) is 21.9 Å². The highest BCUT2D eigenvalue weighted by molar-refractivity contribution is 7.89. The number of sulfonamides is 1. The number of anilines is 2. The van der Waals surface area contributed by atoms with E-state index in [2.05, 4.69) is 15.3 Å². The van der Waals surface area contributed by atoms with Crippen molar-refractivity contribution in [1.29, 1.82) is 5.26 Å². The topological polar surface area (TPSA) is 151 Å². The molecule has 1 aliphatic carbocycles. The van der Waals surface area contributed by atoms with E-state index < -0.39 is 21.7 Å². The molecule has 28 heavy (non-hydrogen) atoms. The van der Waals surface area contributed by atoms with E-state index in [0.29, 0.717) is 18.5 Å². The predicted molar refractivity (Wildman–Crippen MR) is 101 cm³/mol. The monoisotopic (exact) mass is 403 g/mol. The van der Waals surface area contributed by atoms with Crippen molar-refractivity contribution < 1.29 is 18.3 Å². The van der Waals surface area contributed by atoms with E-state index in [4.69, 9.17) is 9.88 Å². The average Bonchev–Trinajstić information content (AvgIpc) is 2.63. The first-order valence-corrected chi connectivity index (χ1v) is 10.3. The molecule has 1 heterocycles. The second kappa shape index (κ2) is 7.71. The van der Waals surface area contributed by atoms with Crippen molar-refractivity contribution in [2.24, 2.45) is 5.14 Å². The number of hydrogen-bond donors (Lipinski definition) is 3. The van der Waals surface area contributed by atoms with Crippen molar-refractivity contribution >= 4 is 21.7 Å². The summed E-state index contributed by atoms with van der Waals surface area (Å²) in [5.74, 6) is 0.265. The van der Waals surface area contributed by atoms with Crippen LogP contribution in [-0.2, 0) is 10.0 Å². The summed E-state index contributed by atoms with van der Waals surface area (Å²) in [5, 5.41) is 27.8. The molecule has 0 radical (unpaired) electrons. The Kier molecular flexibility index (Phi) is 5.51. The normalized spacial score (nSPS) is 22.3. The molecule has 4 N–H and O–H groups in total. The zero-order valence-electron chi connectivity index (χ0n) is 15.3. The van der Waals surface area contributed by atoms with Crippen molar-refractivity contribution in [1.82, 2.24) is 9.97 Å². The molecule has 10 heteroatoms. The van der Waals surface area contributed by atoms with Gasteiger partial charge in [-0.1, -0.05) is 6.42 Å². The van der Waals surface area contributed by atoms with E-state index in [-0.39, 0.29) is 22.3 Å². The maximum absolute atomic E-state index is 11.3. The molecule has 3 rings (SSSR count). The van der Waals surface area contributed by atoms with Gasteiger partial charge in [0.05, 0.1) is 16.7 Å². The molecule has 0 spiro atoms. The van der Waals surface area contributed by atoms with E-state index >= 15 is 0 Å². The number of ether oxygens (including phenoxy) is 1. The summed E-state index contributed by atoms with van der Waals surface area (Å²) in [6.07, 6.45) is 4.00. The van der Waals surface area contributed by atoms with Gasteiger partial charge in [-0.3, -0.25) is 0 Å². The molecule has 2 aromatic rings. The summed E-state index contributed by atoms with van der Waals surface area (Å²) in [7, 11) is -3.77. The number of aromatic nitrogens is 2. The van der Waals surface area contributed by atoms with Crippen LogP contribution in [-0.4, -0.2) is 35.2 Å². The number of nitrogens with two attached hydrogens (primary N) is 1. The Balaban J connectivity index is 1.82. The molecule has 1 aromatic heterocycles. The summed E-state index contributed by atoms with van der Waals surface area (Å²) >= 11 is 0. The second-order valence-corrected chi connectivity index (χ2v) is 8.49. The first kappa shape index (κ1) is 20.0. The number of benzene rings is 1. The third-order valence-electron chi connectivity index (χ3n) is 4.66. The molecule has 0 bridgehead atoms. The Morgan fingerprint density at radius 3 is 2.68 bits per heavy atom. The minimum Gasteiger partial charge on any atom is -0.470 e. The van der Waals surface area contributed by atoms with Crippen LogP contribution in [0.25, 0.3) is 0 Å². The van der Waals surface area contributed by atoms with Crippen molar-refractivity contribution in [2.45, 2.75) is 49.2 Å². The Morgan fingerprint density at radius 1 is 1.36 bits per heavy atom. The molecular formula is C18H21N5O4S. The maximum Gasteiger partial charge on any atom is 0.238 e. The Morgan fingerprint density at radius 2 is 2.07 bits per heavy atom. The average molecular weight is 403 g/mol. The van der Waals surface area contributed by atoms with Crippen molar-refractivity contribution in [3.63, 3.8) is 0 Å². The number of primary sulfonamides is 1. The molecule has 1 saturated carbocycles. The van der Waals surface area contributed by atoms with Crippen LogP contribution in [0.1, 0.15) is 38.2 Å². The first-order valence-electron chi connectivity index (χ1n) is 8.75. The van der Waals surface area contributed by atoms with Gasteiger partial charge in [0.1, 0.15) is 17.7 Å². The van der Waals surface area contributed by atoms with Gasteiger partial charge in [-0.05, 0) is 50.5 Å². The zero-order valence-corrected chi connectivity index (χ0v) is 16.1. The van der Waals surface area contributed by atoms with E-state index in [0.717, 1.165) is 12.8 Å². The van der Waals surface area contributed by atoms with Gasteiger partial charge in [-0.15, -0.1) is 0 Å². The third-order valence-corrected chi connectivity index (χ3v) is 5.59. The lowest BCUT2D eigenvalue weighted by molar-refractivity contribution is -0.0752. The SMILES string of the molecule is C[C@@]1(O)CCCC[C@@H]1Oc1nc(Nc2ccc(S(N)(=O)=O)cc2)ncc1C#N. The van der Waals surface area contributed by atoms with Gasteiger partial charge in [0, 0.05) is 5.69 Å². The predicted octanol–water partition coefficient (Wildman–Crippen LogP) is 1.81. The Hall–Kier alpha value is -2.74. The van der Waals surface area contributed by atoms with Crippen LogP contribution in [0.15, 0.2) is 35.4 Å². The molecular weight excluding hydrogens is 382 g/mol. The minimum absolute atomic E-state index is 0.0117. The quantitative estimate of drug-likeness (QED) is 0.683. The fourth-order valence-electron chi connectivity index (χ4n) is 3.06. The molecule has 2 atom stereocenters. The summed E-state index contributed by atoms with van der Waals surface area (Å²) in [4.78, 5) is 8.31. The number of hydrogen-bond acceptors (Lipinski definition) is 8. The van der Waals surface area contributed by atoms with Gasteiger partial charge >= 0.3 is 0 Å². The maximum atomic E-state index is 11.3. The molecule has 0 saturated heterocycles. The lowest BCUT2D eigenvalue weighted by Crippen LogP contribution is -2.45. The lowest BCUT2D eigenvalue weighted by atomic mass is 9.84. The van der Waals surface area contributed by atoms with Crippen molar-refractivity contribution in [3.8, 4) is 11.9 Å². The highest BCUT2D eigenvalue weighted by Crippen LogP contribution is 2.32. The van der Waals surface area contributed by atoms with E-state index in [1.807, 2.05) is 6.07 Å². The van der Waals surface area contributed by atoms with Crippen molar-refractivity contribution in [2.75, 3.05) is 5.32 Å². The highest BCUT2D eigenvalue weighted by Gasteiger charge is 2.37. The zero-order chi connectivity index (χ0) is 20.4. The fourth-order valence-corrected chi connectivity index (χ4v) is 3.57. The summed E-state index contributed by atoms with van der Waals surface area (Å²) < 4.78 is 28.5. The lowest BCUT2D eigenvalue weighted by Gasteiger charge is -2.36. The number of nitrogens with one attached hydrogen (secondary N) is 1. The van der Waals surface area contributed by atoms with Crippen molar-refractivity contribution in [3.05, 3.63) is 36.0 Å². The molecule has 0 amide bonds. The van der Waals surface area contributed by atoms with Gasteiger partial charge in [-0.25, -0.2) is 18.5 Å². The van der Waals surface area contributed by atoms with Crippen LogP contribution in [0.5, 0.6) is 5.88 Å². The van der Waals surface area contributed by atoms with Gasteiger partial charge in [-0.2, -0.15) is 10.2 Å². The summed E-state index contributed by atoms with van der Waals surface area (Å²) in [6, 6.07) is 7.75. The number of nitriles is 1. The van der Waals surface area contributed by atoms with E-state index in [1.54, 1.807) is 6.92 Å². The molecule has 0 aliphatic heterocycles. The van der Waals surface area contributed by atoms with Crippen LogP contribution in [0.2, 0.25) is 0 Å². The Bertz CT molecular complexity index is 1000. The first-order chi connectivity index (χ1) is 13.2. The summed E-state index contributed by atoms with van der Waals surface area (Å²) in [5.41, 5.74) is -0.295. The molecule has 1 aliphatic rings. The summed E-state index contributed by atoms with van der Waals surface area (Å²) in [6.45, 7) is 1.72. The van der Waals surface area contributed by atoms with Gasteiger partial charge < -0.3 is 15.2 Å². The van der Waals surface area contributed by atoms with Crippen LogP contribution >= 0.6 is 0 Å². The number of rotatable bonds is 5. The Labute approximate surface area is 163 Å². The smallest absolute Gasteiger partial charge is 0.238 e. The van der Waals surface area contributed by atoms with Crippen LogP contribution in [0.4, 0.5) is 11.6 Å². The number of aliphatic hydroxyl groups is 1. The van der Waals surface area contributed by atoms with E-state index in [9.17, 15) is 18.8 Å². The van der Waals surface area contributed by atoms with Crippen LogP contribution in [0, 0.1) is 11.3 Å². The van der Waals surface area contributed by atoms with E-state index in [1.165, 1.54) is 30.5 Å². The van der Waals surface area contributed by atoms with Crippen LogP contribution in [0.3, 0.4) is 0 Å². The molecule has 9 nitrogen and oxygen atoms in total. The fraction of sp³-hybridized carbons (Fsp3) is 0.389. The second-order valence-electron chi connectivity index (χ2n) is 6.93. The number of nitrogens with zero attached hydrogens (tertiary/aromatic N) is 3. The third kappa shape index (κ3) is 4.56. The van der Waals surface area contributed by atoms with Gasteiger partial charge in [0.15, 0.2) is 0 Å². The minimum atomic E-state index is -3.77. The molecule has 148 valence electrons. The highest BCUT2D eigenvalue weighted by atomic mass is 32.2.